The van der Waals surface area contributed by atoms with E-state index in [-0.39, 0.29) is 5.69 Å². The number of hydrogen-bond acceptors (Lipinski definition) is 4. The van der Waals surface area contributed by atoms with Gasteiger partial charge in [-0.15, -0.1) is 0 Å². The van der Waals surface area contributed by atoms with Crippen molar-refractivity contribution in [3.8, 4) is 11.8 Å². The number of para-hydroxylation sites is 1. The van der Waals surface area contributed by atoms with Crippen LogP contribution in [0.2, 0.25) is 0 Å². The van der Waals surface area contributed by atoms with Crippen LogP contribution >= 0.6 is 0 Å². The second-order valence-electron chi connectivity index (χ2n) is 6.99. The summed E-state index contributed by atoms with van der Waals surface area (Å²) < 4.78 is 6.05. The van der Waals surface area contributed by atoms with Gasteiger partial charge in [-0.25, -0.2) is 0 Å². The highest BCUT2D eigenvalue weighted by atomic mass is 16.6. The predicted octanol–water partition coefficient (Wildman–Crippen LogP) is 6.39. The van der Waals surface area contributed by atoms with Crippen molar-refractivity contribution in [2.45, 2.75) is 6.61 Å². The van der Waals surface area contributed by atoms with Gasteiger partial charge in [0.05, 0.1) is 16.6 Å². The van der Waals surface area contributed by atoms with E-state index in [0.717, 1.165) is 16.5 Å². The van der Waals surface area contributed by atoms with E-state index in [4.69, 9.17) is 4.74 Å². The zero-order valence-electron chi connectivity index (χ0n) is 16.6. The van der Waals surface area contributed by atoms with Gasteiger partial charge in [-0.2, -0.15) is 5.26 Å². The molecule has 0 aliphatic heterocycles. The third-order valence-corrected chi connectivity index (χ3v) is 4.92. The van der Waals surface area contributed by atoms with Crippen molar-refractivity contribution < 1.29 is 9.66 Å². The molecule has 31 heavy (non-hydrogen) atoms. The number of nitrogens with zero attached hydrogens (tertiary/aromatic N) is 2. The molecule has 4 rings (SSSR count). The molecule has 5 heteroatoms. The van der Waals surface area contributed by atoms with E-state index in [1.54, 1.807) is 18.2 Å². The molecule has 0 saturated carbocycles. The molecule has 0 spiro atoms. The van der Waals surface area contributed by atoms with Crippen LogP contribution in [0.25, 0.3) is 22.4 Å². The van der Waals surface area contributed by atoms with Crippen molar-refractivity contribution in [1.29, 1.82) is 5.26 Å². The molecule has 5 nitrogen and oxygen atoms in total. The molecular formula is C26H18N2O3. The molecule has 0 saturated heterocycles. The van der Waals surface area contributed by atoms with Crippen LogP contribution in [0.1, 0.15) is 16.7 Å². The van der Waals surface area contributed by atoms with Gasteiger partial charge in [0.1, 0.15) is 12.4 Å². The Bertz CT molecular complexity index is 1340. The lowest BCUT2D eigenvalue weighted by atomic mass is 10.0. The van der Waals surface area contributed by atoms with E-state index in [1.807, 2.05) is 42.5 Å². The molecule has 4 aromatic rings. The number of rotatable bonds is 6. The predicted molar refractivity (Wildman–Crippen MR) is 121 cm³/mol. The quantitative estimate of drug-likeness (QED) is 0.161. The van der Waals surface area contributed by atoms with Gasteiger partial charge in [-0.1, -0.05) is 66.7 Å². The Kier molecular flexibility index (Phi) is 5.72. The van der Waals surface area contributed by atoms with Crippen molar-refractivity contribution in [2.75, 3.05) is 0 Å². The van der Waals surface area contributed by atoms with Gasteiger partial charge in [0.25, 0.3) is 5.69 Å². The van der Waals surface area contributed by atoms with Crippen LogP contribution in [-0.2, 0) is 6.61 Å². The number of benzene rings is 4. The Hall–Kier alpha value is -4.43. The van der Waals surface area contributed by atoms with E-state index in [0.29, 0.717) is 23.5 Å². The molecule has 0 aliphatic rings. The van der Waals surface area contributed by atoms with Crippen LogP contribution < -0.4 is 4.74 Å². The van der Waals surface area contributed by atoms with Crippen LogP contribution in [0.3, 0.4) is 0 Å². The third-order valence-electron chi connectivity index (χ3n) is 4.92. The van der Waals surface area contributed by atoms with Crippen LogP contribution in [0.4, 0.5) is 5.69 Å². The first-order valence-electron chi connectivity index (χ1n) is 9.70. The van der Waals surface area contributed by atoms with Crippen molar-refractivity contribution in [3.63, 3.8) is 0 Å². The number of nitro groups is 1. The van der Waals surface area contributed by atoms with Crippen LogP contribution in [-0.4, -0.2) is 4.92 Å². The minimum Gasteiger partial charge on any atom is -0.488 e. The zero-order chi connectivity index (χ0) is 21.6. The lowest BCUT2D eigenvalue weighted by molar-refractivity contribution is -0.384. The van der Waals surface area contributed by atoms with Crippen molar-refractivity contribution >= 4 is 28.1 Å². The summed E-state index contributed by atoms with van der Waals surface area (Å²) >= 11 is 0. The highest BCUT2D eigenvalue weighted by Crippen LogP contribution is 2.27. The highest BCUT2D eigenvalue weighted by molar-refractivity contribution is 5.91. The number of nitro benzene ring substituents is 1. The fourth-order valence-electron chi connectivity index (χ4n) is 3.34. The molecule has 0 atom stereocenters. The molecule has 0 unspecified atom stereocenters. The standard InChI is InChI=1S/C26H18N2O3/c27-17-24(22-9-5-10-25(16-22)28(29)30)15-23-8-3-4-11-26(23)31-18-19-12-13-20-6-1-2-7-21(20)14-19/h1-16H,18H2/b24-15-. The zero-order valence-corrected chi connectivity index (χ0v) is 16.6. The lowest BCUT2D eigenvalue weighted by Crippen LogP contribution is -1.97. The monoisotopic (exact) mass is 406 g/mol. The summed E-state index contributed by atoms with van der Waals surface area (Å²) in [6.07, 6.45) is 1.69. The van der Waals surface area contributed by atoms with Gasteiger partial charge >= 0.3 is 0 Å². The number of non-ortho nitro benzene ring substituents is 1. The number of hydrogen-bond donors (Lipinski definition) is 0. The molecule has 0 amide bonds. The topological polar surface area (TPSA) is 76.2 Å². The van der Waals surface area contributed by atoms with Gasteiger partial charge < -0.3 is 4.74 Å². The Morgan fingerprint density at radius 3 is 2.52 bits per heavy atom. The number of ether oxygens (including phenoxy) is 1. The highest BCUT2D eigenvalue weighted by Gasteiger charge is 2.10. The fraction of sp³-hybridized carbons (Fsp3) is 0.0385. The summed E-state index contributed by atoms with van der Waals surface area (Å²) in [6.45, 7) is 0.383. The Labute approximate surface area is 179 Å². The Morgan fingerprint density at radius 2 is 1.71 bits per heavy atom. The SMILES string of the molecule is N#C/C(=C/c1ccccc1OCc1ccc2ccccc2c1)c1cccc([N+](=O)[O-])c1. The average molecular weight is 406 g/mol. The van der Waals surface area contributed by atoms with Crippen molar-refractivity contribution in [2.24, 2.45) is 0 Å². The second-order valence-corrected chi connectivity index (χ2v) is 6.99. The number of allylic oxidation sites excluding steroid dienone is 1. The van der Waals surface area contributed by atoms with E-state index in [1.165, 1.54) is 17.5 Å². The second kappa shape index (κ2) is 8.93. The van der Waals surface area contributed by atoms with E-state index in [2.05, 4.69) is 30.3 Å². The van der Waals surface area contributed by atoms with Crippen LogP contribution in [0.15, 0.2) is 91.0 Å². The first-order valence-corrected chi connectivity index (χ1v) is 9.70. The Morgan fingerprint density at radius 1 is 0.935 bits per heavy atom. The summed E-state index contributed by atoms with van der Waals surface area (Å²) in [5, 5.41) is 23.0. The molecule has 0 N–H and O–H groups in total. The van der Waals surface area contributed by atoms with Crippen LogP contribution in [0.5, 0.6) is 5.75 Å². The molecule has 0 heterocycles. The van der Waals surface area contributed by atoms with Crippen molar-refractivity contribution in [1.82, 2.24) is 0 Å². The lowest BCUT2D eigenvalue weighted by Gasteiger charge is -2.10. The van der Waals surface area contributed by atoms with E-state index >= 15 is 0 Å². The third kappa shape index (κ3) is 4.60. The normalized spacial score (nSPS) is 11.1. The largest absolute Gasteiger partial charge is 0.488 e. The number of fused-ring (bicyclic) bond motifs is 1. The average Bonchev–Trinajstić information content (AvgIpc) is 2.81. The molecule has 0 aromatic heterocycles. The molecular weight excluding hydrogens is 388 g/mol. The maximum Gasteiger partial charge on any atom is 0.270 e. The molecule has 0 radical (unpaired) electrons. The minimum absolute atomic E-state index is 0.0560. The summed E-state index contributed by atoms with van der Waals surface area (Å²) in [4.78, 5) is 10.6. The van der Waals surface area contributed by atoms with Crippen LogP contribution in [0, 0.1) is 21.4 Å². The maximum atomic E-state index is 11.1. The fourth-order valence-corrected chi connectivity index (χ4v) is 3.34. The van der Waals surface area contributed by atoms with Gasteiger partial charge in [-0.05, 0) is 40.1 Å². The van der Waals surface area contributed by atoms with E-state index < -0.39 is 4.92 Å². The number of nitriles is 1. The molecule has 4 aromatic carbocycles. The molecule has 150 valence electrons. The van der Waals surface area contributed by atoms with Gasteiger partial charge in [0.15, 0.2) is 0 Å². The summed E-state index contributed by atoms with van der Waals surface area (Å²) in [7, 11) is 0. The van der Waals surface area contributed by atoms with E-state index in [9.17, 15) is 15.4 Å². The molecule has 0 aliphatic carbocycles. The summed E-state index contributed by atoms with van der Waals surface area (Å²) in [6, 6.07) is 29.9. The molecule has 0 fully saturated rings. The smallest absolute Gasteiger partial charge is 0.270 e. The van der Waals surface area contributed by atoms with Gasteiger partial charge in [0, 0.05) is 17.7 Å². The summed E-state index contributed by atoms with van der Waals surface area (Å²) in [5.74, 6) is 0.633. The molecule has 0 bridgehead atoms. The minimum atomic E-state index is -0.473. The Balaban J connectivity index is 1.60. The van der Waals surface area contributed by atoms with Gasteiger partial charge in [-0.3, -0.25) is 10.1 Å². The first kappa shape index (κ1) is 19.9. The van der Waals surface area contributed by atoms with Crippen molar-refractivity contribution in [3.05, 3.63) is 118 Å². The summed E-state index contributed by atoms with van der Waals surface area (Å²) in [5.41, 5.74) is 2.52. The maximum absolute atomic E-state index is 11.1. The van der Waals surface area contributed by atoms with Gasteiger partial charge in [0.2, 0.25) is 0 Å². The first-order chi connectivity index (χ1) is 15.1.